The van der Waals surface area contributed by atoms with Gasteiger partial charge < -0.3 is 10.4 Å². The fraction of sp³-hybridized carbons (Fsp3) is 0.364. The Morgan fingerprint density at radius 1 is 1.44 bits per heavy atom. The average Bonchev–Trinajstić information content (AvgIpc) is 2.26. The normalized spacial score (nSPS) is 14.1. The Bertz CT molecular complexity index is 389. The second-order valence-corrected chi connectivity index (χ2v) is 5.37. The van der Waals surface area contributed by atoms with Crippen LogP contribution in [-0.4, -0.2) is 33.3 Å². The van der Waals surface area contributed by atoms with E-state index in [0.29, 0.717) is 6.54 Å². The van der Waals surface area contributed by atoms with Crippen LogP contribution in [0.5, 0.6) is 0 Å². The lowest BCUT2D eigenvalue weighted by atomic mass is 10.2. The highest BCUT2D eigenvalue weighted by Crippen LogP contribution is 2.09. The number of nitrogens with one attached hydrogen (secondary N) is 1. The van der Waals surface area contributed by atoms with E-state index >= 15 is 0 Å². The summed E-state index contributed by atoms with van der Waals surface area (Å²) in [5.74, 6) is -0.936. The van der Waals surface area contributed by atoms with Gasteiger partial charge in [-0.25, -0.2) is 4.79 Å². The van der Waals surface area contributed by atoms with Crippen molar-refractivity contribution in [3.05, 3.63) is 29.8 Å². The molecule has 0 aromatic heterocycles. The number of hydrogen-bond acceptors (Lipinski definition) is 3. The van der Waals surface area contributed by atoms with Gasteiger partial charge >= 0.3 is 5.97 Å². The Hall–Kier alpha value is -1.36. The van der Waals surface area contributed by atoms with E-state index in [2.05, 4.69) is 5.32 Å². The first-order valence-electron chi connectivity index (χ1n) is 4.90. The van der Waals surface area contributed by atoms with Crippen LogP contribution in [0.4, 0.5) is 5.69 Å². The van der Waals surface area contributed by atoms with Gasteiger partial charge in [0.25, 0.3) is 0 Å². The Morgan fingerprint density at radius 2 is 2.00 bits per heavy atom. The van der Waals surface area contributed by atoms with E-state index in [4.69, 9.17) is 5.11 Å². The number of carbonyl (C=O) groups is 1. The number of benzene rings is 1. The standard InChI is InChI=1S/C11H15NO3S/c1-8(16(2)15)7-12-10-5-3-9(4-6-10)11(13)14/h3-6,8,12H,7H2,1-2H3,(H,13,14). The largest absolute Gasteiger partial charge is 0.478 e. The maximum absolute atomic E-state index is 11.1. The van der Waals surface area contributed by atoms with Gasteiger partial charge in [-0.3, -0.25) is 4.21 Å². The number of rotatable bonds is 5. The zero-order chi connectivity index (χ0) is 12.1. The molecule has 0 fully saturated rings. The van der Waals surface area contributed by atoms with Crippen LogP contribution in [0.1, 0.15) is 17.3 Å². The van der Waals surface area contributed by atoms with Gasteiger partial charge in [0.1, 0.15) is 0 Å². The Labute approximate surface area is 97.1 Å². The Balaban J connectivity index is 2.56. The van der Waals surface area contributed by atoms with Crippen LogP contribution in [0.25, 0.3) is 0 Å². The second-order valence-electron chi connectivity index (χ2n) is 3.57. The van der Waals surface area contributed by atoms with E-state index in [1.807, 2.05) is 6.92 Å². The third kappa shape index (κ3) is 3.66. The summed E-state index contributed by atoms with van der Waals surface area (Å²) >= 11 is 0. The monoisotopic (exact) mass is 241 g/mol. The quantitative estimate of drug-likeness (QED) is 0.821. The summed E-state index contributed by atoms with van der Waals surface area (Å²) in [6, 6.07) is 6.49. The van der Waals surface area contributed by atoms with Crippen molar-refractivity contribution in [2.45, 2.75) is 12.2 Å². The van der Waals surface area contributed by atoms with Gasteiger partial charge in [-0.1, -0.05) is 0 Å². The highest BCUT2D eigenvalue weighted by Gasteiger charge is 2.06. The van der Waals surface area contributed by atoms with E-state index in [0.717, 1.165) is 5.69 Å². The van der Waals surface area contributed by atoms with Crippen LogP contribution < -0.4 is 5.32 Å². The van der Waals surface area contributed by atoms with Gasteiger partial charge in [-0.05, 0) is 31.2 Å². The first-order valence-corrected chi connectivity index (χ1v) is 6.52. The van der Waals surface area contributed by atoms with Gasteiger partial charge in [-0.15, -0.1) is 0 Å². The number of carboxylic acid groups (broad SMARTS) is 1. The smallest absolute Gasteiger partial charge is 0.335 e. The topological polar surface area (TPSA) is 66.4 Å². The molecule has 4 nitrogen and oxygen atoms in total. The molecule has 2 atom stereocenters. The Morgan fingerprint density at radius 3 is 2.44 bits per heavy atom. The zero-order valence-electron chi connectivity index (χ0n) is 9.27. The van der Waals surface area contributed by atoms with Crippen molar-refractivity contribution in [2.75, 3.05) is 18.1 Å². The molecule has 1 aromatic carbocycles. The van der Waals surface area contributed by atoms with Gasteiger partial charge in [-0.2, -0.15) is 0 Å². The molecule has 0 aliphatic rings. The van der Waals surface area contributed by atoms with Gasteiger partial charge in [0.15, 0.2) is 0 Å². The lowest BCUT2D eigenvalue weighted by Gasteiger charge is -2.11. The van der Waals surface area contributed by atoms with Crippen LogP contribution in [0.15, 0.2) is 24.3 Å². The summed E-state index contributed by atoms with van der Waals surface area (Å²) in [5, 5.41) is 11.9. The number of carboxylic acids is 1. The predicted molar refractivity (Wildman–Crippen MR) is 65.4 cm³/mol. The van der Waals surface area contributed by atoms with Crippen molar-refractivity contribution >= 4 is 22.5 Å². The summed E-state index contributed by atoms with van der Waals surface area (Å²) < 4.78 is 11.1. The molecule has 0 aliphatic carbocycles. The minimum absolute atomic E-state index is 0.0687. The molecular weight excluding hydrogens is 226 g/mol. The van der Waals surface area contributed by atoms with Crippen molar-refractivity contribution in [3.8, 4) is 0 Å². The van der Waals surface area contributed by atoms with E-state index in [9.17, 15) is 9.00 Å². The average molecular weight is 241 g/mol. The SMILES string of the molecule is CC(CNc1ccc(C(=O)O)cc1)S(C)=O. The lowest BCUT2D eigenvalue weighted by Crippen LogP contribution is -2.20. The number of anilines is 1. The van der Waals surface area contributed by atoms with Gasteiger partial charge in [0, 0.05) is 34.5 Å². The summed E-state index contributed by atoms with van der Waals surface area (Å²) in [4.78, 5) is 10.6. The highest BCUT2D eigenvalue weighted by molar-refractivity contribution is 7.84. The van der Waals surface area contributed by atoms with E-state index in [1.165, 1.54) is 12.1 Å². The van der Waals surface area contributed by atoms with E-state index < -0.39 is 16.8 Å². The van der Waals surface area contributed by atoms with Crippen LogP contribution >= 0.6 is 0 Å². The maximum Gasteiger partial charge on any atom is 0.335 e. The van der Waals surface area contributed by atoms with Crippen molar-refractivity contribution in [3.63, 3.8) is 0 Å². The third-order valence-corrected chi connectivity index (χ3v) is 3.59. The fourth-order valence-corrected chi connectivity index (χ4v) is 1.43. The summed E-state index contributed by atoms with van der Waals surface area (Å²) in [7, 11) is -0.852. The summed E-state index contributed by atoms with van der Waals surface area (Å²) in [6.45, 7) is 2.50. The van der Waals surface area contributed by atoms with Crippen LogP contribution in [0, 0.1) is 0 Å². The fourth-order valence-electron chi connectivity index (χ4n) is 1.11. The second kappa shape index (κ2) is 5.65. The van der Waals surface area contributed by atoms with Gasteiger partial charge in [0.05, 0.1) is 5.56 Å². The predicted octanol–water partition coefficient (Wildman–Crippen LogP) is 1.56. The van der Waals surface area contributed by atoms with E-state index in [-0.39, 0.29) is 10.8 Å². The molecule has 0 spiro atoms. The molecule has 2 N–H and O–H groups in total. The minimum Gasteiger partial charge on any atom is -0.478 e. The molecule has 0 saturated carbocycles. The third-order valence-electron chi connectivity index (χ3n) is 2.29. The molecular formula is C11H15NO3S. The molecule has 5 heteroatoms. The zero-order valence-corrected chi connectivity index (χ0v) is 10.1. The molecule has 16 heavy (non-hydrogen) atoms. The van der Waals surface area contributed by atoms with E-state index in [1.54, 1.807) is 18.4 Å². The first-order chi connectivity index (χ1) is 7.50. The molecule has 1 aromatic rings. The molecule has 88 valence electrons. The molecule has 1 rings (SSSR count). The Kier molecular flexibility index (Phi) is 4.49. The lowest BCUT2D eigenvalue weighted by molar-refractivity contribution is 0.0697. The maximum atomic E-state index is 11.1. The van der Waals surface area contributed by atoms with Crippen molar-refractivity contribution in [1.29, 1.82) is 0 Å². The molecule has 0 saturated heterocycles. The van der Waals surface area contributed by atoms with Crippen LogP contribution in [0.3, 0.4) is 0 Å². The van der Waals surface area contributed by atoms with Gasteiger partial charge in [0.2, 0.25) is 0 Å². The molecule has 0 radical (unpaired) electrons. The molecule has 0 bridgehead atoms. The summed E-state index contributed by atoms with van der Waals surface area (Å²) in [5.41, 5.74) is 1.10. The molecule has 0 amide bonds. The highest BCUT2D eigenvalue weighted by atomic mass is 32.2. The van der Waals surface area contributed by atoms with Crippen LogP contribution in [0.2, 0.25) is 0 Å². The van der Waals surface area contributed by atoms with Crippen molar-refractivity contribution < 1.29 is 14.1 Å². The number of hydrogen-bond donors (Lipinski definition) is 2. The molecule has 0 aliphatic heterocycles. The first kappa shape index (κ1) is 12.7. The van der Waals surface area contributed by atoms with Crippen molar-refractivity contribution in [2.24, 2.45) is 0 Å². The van der Waals surface area contributed by atoms with Crippen molar-refractivity contribution in [1.82, 2.24) is 0 Å². The number of aromatic carboxylic acids is 1. The minimum atomic E-state index is -0.936. The van der Waals surface area contributed by atoms with Crippen LogP contribution in [-0.2, 0) is 10.8 Å². The molecule has 2 unspecified atom stereocenters. The summed E-state index contributed by atoms with van der Waals surface area (Å²) in [6.07, 6.45) is 1.67. The molecule has 0 heterocycles.